The second kappa shape index (κ2) is 10.2. The van der Waals surface area contributed by atoms with Crippen molar-refractivity contribution >= 4 is 46.9 Å². The molecule has 0 fully saturated rings. The minimum Gasteiger partial charge on any atom is -0.475 e. The summed E-state index contributed by atoms with van der Waals surface area (Å²) in [5.74, 6) is -0.110. The minimum absolute atomic E-state index is 0.202. The molecule has 0 atom stereocenters. The summed E-state index contributed by atoms with van der Waals surface area (Å²) in [5.41, 5.74) is 1.34. The summed E-state index contributed by atoms with van der Waals surface area (Å²) in [6.07, 6.45) is 4.59. The molecule has 0 bridgehead atoms. The van der Waals surface area contributed by atoms with E-state index in [1.807, 2.05) is 32.9 Å². The van der Waals surface area contributed by atoms with Crippen LogP contribution in [0.4, 0.5) is 17.3 Å². The van der Waals surface area contributed by atoms with Gasteiger partial charge in [0.2, 0.25) is 5.82 Å². The zero-order chi connectivity index (χ0) is 25.9. The predicted octanol–water partition coefficient (Wildman–Crippen LogP) is 5.72. The highest BCUT2D eigenvalue weighted by Gasteiger charge is 2.19. The van der Waals surface area contributed by atoms with E-state index in [0.717, 1.165) is 6.42 Å². The Labute approximate surface area is 213 Å². The maximum atomic E-state index is 12.5. The van der Waals surface area contributed by atoms with E-state index in [9.17, 15) is 14.7 Å². The second-order valence-corrected chi connectivity index (χ2v) is 9.59. The van der Waals surface area contributed by atoms with Gasteiger partial charge in [-0.05, 0) is 63.6 Å². The number of amides is 1. The molecule has 186 valence electrons. The Morgan fingerprint density at radius 2 is 1.94 bits per heavy atom. The molecular formula is C26H26ClN5O4. The van der Waals surface area contributed by atoms with Crippen LogP contribution in [0, 0.1) is 0 Å². The summed E-state index contributed by atoms with van der Waals surface area (Å²) >= 11 is 6.49. The van der Waals surface area contributed by atoms with Gasteiger partial charge in [0.25, 0.3) is 5.91 Å². The quantitative estimate of drug-likeness (QED) is 0.333. The van der Waals surface area contributed by atoms with Crippen molar-refractivity contribution in [2.45, 2.75) is 32.7 Å². The van der Waals surface area contributed by atoms with Gasteiger partial charge in [0.15, 0.2) is 0 Å². The fourth-order valence-corrected chi connectivity index (χ4v) is 3.69. The van der Waals surface area contributed by atoms with Crippen molar-refractivity contribution in [1.29, 1.82) is 0 Å². The Balaban J connectivity index is 1.56. The van der Waals surface area contributed by atoms with Gasteiger partial charge in [-0.2, -0.15) is 0 Å². The topological polar surface area (TPSA) is 125 Å². The van der Waals surface area contributed by atoms with Gasteiger partial charge in [-0.15, -0.1) is 0 Å². The number of aromatic nitrogens is 2. The maximum Gasteiger partial charge on any atom is 0.374 e. The third kappa shape index (κ3) is 6.11. The van der Waals surface area contributed by atoms with Crippen LogP contribution in [-0.4, -0.2) is 39.0 Å². The number of carbonyl (C=O) groups excluding carboxylic acids is 1. The van der Waals surface area contributed by atoms with Crippen molar-refractivity contribution in [3.05, 3.63) is 70.5 Å². The van der Waals surface area contributed by atoms with E-state index in [0.29, 0.717) is 51.5 Å². The molecule has 10 heteroatoms. The lowest BCUT2D eigenvalue weighted by molar-refractivity contribution is 0.0683. The van der Waals surface area contributed by atoms with E-state index in [1.165, 1.54) is 0 Å². The molecule has 36 heavy (non-hydrogen) atoms. The molecule has 0 spiro atoms. The first-order valence-corrected chi connectivity index (χ1v) is 11.7. The van der Waals surface area contributed by atoms with Crippen LogP contribution in [0.3, 0.4) is 0 Å². The number of nitrogens with zero attached hydrogens (tertiary/aromatic N) is 2. The Bertz CT molecular complexity index is 1350. The highest BCUT2D eigenvalue weighted by molar-refractivity contribution is 6.32. The van der Waals surface area contributed by atoms with E-state index in [4.69, 9.17) is 16.3 Å². The second-order valence-electron chi connectivity index (χ2n) is 9.19. The van der Waals surface area contributed by atoms with E-state index in [1.54, 1.807) is 42.5 Å². The monoisotopic (exact) mass is 507 g/mol. The third-order valence-corrected chi connectivity index (χ3v) is 5.33. The maximum absolute atomic E-state index is 12.5. The molecule has 9 nitrogen and oxygen atoms in total. The summed E-state index contributed by atoms with van der Waals surface area (Å²) in [7, 11) is 0. The van der Waals surface area contributed by atoms with Crippen molar-refractivity contribution in [2.24, 2.45) is 0 Å². The molecule has 1 aliphatic heterocycles. The van der Waals surface area contributed by atoms with Crippen LogP contribution in [0.1, 0.15) is 53.7 Å². The van der Waals surface area contributed by atoms with Crippen molar-refractivity contribution in [1.82, 2.24) is 15.3 Å². The SMILES string of the molecule is CC(C)(C)NC(=O)c1cccc(Oc2ccc(Nc3nc(C(=O)O)nc4c3C=CCCN4)cc2Cl)c1. The van der Waals surface area contributed by atoms with Crippen molar-refractivity contribution in [3.8, 4) is 11.5 Å². The molecule has 1 aliphatic rings. The van der Waals surface area contributed by atoms with Crippen LogP contribution < -0.4 is 20.7 Å². The van der Waals surface area contributed by atoms with E-state index in [2.05, 4.69) is 25.9 Å². The number of benzene rings is 2. The number of fused-ring (bicyclic) bond motifs is 1. The Morgan fingerprint density at radius 1 is 1.14 bits per heavy atom. The number of anilines is 3. The molecule has 0 saturated carbocycles. The lowest BCUT2D eigenvalue weighted by Gasteiger charge is -2.20. The van der Waals surface area contributed by atoms with Crippen molar-refractivity contribution in [3.63, 3.8) is 0 Å². The molecule has 0 radical (unpaired) electrons. The number of carboxylic acids is 1. The van der Waals surface area contributed by atoms with Gasteiger partial charge in [-0.3, -0.25) is 4.79 Å². The van der Waals surface area contributed by atoms with Gasteiger partial charge in [-0.1, -0.05) is 29.8 Å². The molecule has 0 saturated heterocycles. The minimum atomic E-state index is -1.23. The van der Waals surface area contributed by atoms with E-state index < -0.39 is 5.97 Å². The smallest absolute Gasteiger partial charge is 0.374 e. The fraction of sp³-hybridized carbons (Fsp3) is 0.231. The van der Waals surface area contributed by atoms with Crippen LogP contribution in [0.2, 0.25) is 5.02 Å². The molecule has 1 aromatic heterocycles. The lowest BCUT2D eigenvalue weighted by atomic mass is 10.1. The fourth-order valence-electron chi connectivity index (χ4n) is 3.47. The molecule has 0 unspecified atom stereocenters. The molecule has 2 heterocycles. The average Bonchev–Trinajstić information content (AvgIpc) is 3.06. The lowest BCUT2D eigenvalue weighted by Crippen LogP contribution is -2.40. The van der Waals surface area contributed by atoms with Crippen LogP contribution >= 0.6 is 11.6 Å². The van der Waals surface area contributed by atoms with E-state index >= 15 is 0 Å². The zero-order valence-electron chi connectivity index (χ0n) is 20.1. The summed E-state index contributed by atoms with van der Waals surface area (Å²) in [6.45, 7) is 6.37. The first kappa shape index (κ1) is 25.0. The Hall–Kier alpha value is -4.11. The van der Waals surface area contributed by atoms with Crippen LogP contribution in [0.15, 0.2) is 48.5 Å². The third-order valence-electron chi connectivity index (χ3n) is 5.03. The number of aromatic carboxylic acids is 1. The highest BCUT2D eigenvalue weighted by Crippen LogP contribution is 2.34. The number of halogens is 1. The average molecular weight is 508 g/mol. The first-order chi connectivity index (χ1) is 17.1. The number of ether oxygens (including phenoxy) is 1. The van der Waals surface area contributed by atoms with Crippen LogP contribution in [0.25, 0.3) is 6.08 Å². The van der Waals surface area contributed by atoms with Gasteiger partial charge in [0, 0.05) is 23.3 Å². The van der Waals surface area contributed by atoms with Crippen molar-refractivity contribution in [2.75, 3.05) is 17.2 Å². The van der Waals surface area contributed by atoms with E-state index in [-0.39, 0.29) is 17.3 Å². The van der Waals surface area contributed by atoms with Crippen molar-refractivity contribution < 1.29 is 19.4 Å². The first-order valence-electron chi connectivity index (χ1n) is 11.3. The number of nitrogens with one attached hydrogen (secondary N) is 3. The molecular weight excluding hydrogens is 482 g/mol. The van der Waals surface area contributed by atoms with Gasteiger partial charge in [0.1, 0.15) is 23.1 Å². The largest absolute Gasteiger partial charge is 0.475 e. The highest BCUT2D eigenvalue weighted by atomic mass is 35.5. The summed E-state index contributed by atoms with van der Waals surface area (Å²) in [6, 6.07) is 11.9. The predicted molar refractivity (Wildman–Crippen MR) is 140 cm³/mol. The number of carbonyl (C=O) groups is 2. The number of carboxylic acid groups (broad SMARTS) is 1. The Kier molecular flexibility index (Phi) is 7.12. The number of hydrogen-bond donors (Lipinski definition) is 4. The molecule has 2 aromatic carbocycles. The molecule has 0 aliphatic carbocycles. The summed E-state index contributed by atoms with van der Waals surface area (Å²) in [5, 5.41) is 18.9. The van der Waals surface area contributed by atoms with Gasteiger partial charge >= 0.3 is 5.97 Å². The molecule has 4 rings (SSSR count). The van der Waals surface area contributed by atoms with Gasteiger partial charge in [0.05, 0.1) is 10.6 Å². The summed E-state index contributed by atoms with van der Waals surface area (Å²) < 4.78 is 5.93. The molecule has 4 N–H and O–H groups in total. The van der Waals surface area contributed by atoms with Crippen LogP contribution in [-0.2, 0) is 0 Å². The zero-order valence-corrected chi connectivity index (χ0v) is 20.8. The molecule has 1 amide bonds. The number of hydrogen-bond acceptors (Lipinski definition) is 7. The molecule has 3 aromatic rings. The van der Waals surface area contributed by atoms with Gasteiger partial charge in [-0.25, -0.2) is 14.8 Å². The normalized spacial score (nSPS) is 12.7. The van der Waals surface area contributed by atoms with Crippen LogP contribution in [0.5, 0.6) is 11.5 Å². The van der Waals surface area contributed by atoms with Gasteiger partial charge < -0.3 is 25.8 Å². The Morgan fingerprint density at radius 3 is 2.67 bits per heavy atom. The number of rotatable bonds is 6. The standard InChI is InChI=1S/C26H26ClN5O4/c1-26(2,3)32-24(33)15-7-6-8-17(13-15)36-20-11-10-16(14-19(20)27)29-22-18-9-4-5-12-28-21(18)30-23(31-22)25(34)35/h4,6-11,13-14H,5,12H2,1-3H3,(H,32,33)(H,34,35)(H2,28,29,30,31). The summed E-state index contributed by atoms with van der Waals surface area (Å²) in [4.78, 5) is 32.3.